The zero-order valence-electron chi connectivity index (χ0n) is 10.7. The molecule has 2 N–H and O–H groups in total. The lowest BCUT2D eigenvalue weighted by Gasteiger charge is -2.15. The van der Waals surface area contributed by atoms with Gasteiger partial charge < -0.3 is 10.5 Å². The number of nitrogens with two attached hydrogens (primary N) is 1. The van der Waals surface area contributed by atoms with Gasteiger partial charge in [0.2, 0.25) is 5.88 Å². The van der Waals surface area contributed by atoms with E-state index in [-0.39, 0.29) is 0 Å². The van der Waals surface area contributed by atoms with Crippen molar-refractivity contribution in [3.8, 4) is 5.88 Å². The first-order valence-electron chi connectivity index (χ1n) is 6.50. The average Bonchev–Trinajstić information content (AvgIpc) is 2.78. The van der Waals surface area contributed by atoms with Gasteiger partial charge >= 0.3 is 0 Å². The Labute approximate surface area is 103 Å². The van der Waals surface area contributed by atoms with Crippen LogP contribution in [-0.2, 0) is 6.42 Å². The summed E-state index contributed by atoms with van der Waals surface area (Å²) in [6.07, 6.45) is 6.96. The maximum atomic E-state index is 5.94. The van der Waals surface area contributed by atoms with E-state index in [1.54, 1.807) is 0 Å². The molecule has 1 saturated carbocycles. The van der Waals surface area contributed by atoms with Crippen LogP contribution in [0.4, 0.5) is 5.82 Å². The third-order valence-electron chi connectivity index (χ3n) is 3.24. The SMILES string of the molecule is CCCc1nc(N)c(C)c(OC2CCCC2)n1. The number of hydrogen-bond acceptors (Lipinski definition) is 4. The Morgan fingerprint density at radius 1 is 1.29 bits per heavy atom. The highest BCUT2D eigenvalue weighted by Crippen LogP contribution is 2.27. The lowest BCUT2D eigenvalue weighted by Crippen LogP contribution is -2.15. The second-order valence-electron chi connectivity index (χ2n) is 4.73. The minimum absolute atomic E-state index is 0.317. The van der Waals surface area contributed by atoms with E-state index in [1.165, 1.54) is 12.8 Å². The van der Waals surface area contributed by atoms with Gasteiger partial charge in [0.05, 0.1) is 5.56 Å². The van der Waals surface area contributed by atoms with Crippen molar-refractivity contribution in [3.63, 3.8) is 0 Å². The number of anilines is 1. The molecule has 0 aliphatic heterocycles. The Bertz CT molecular complexity index is 386. The Hall–Kier alpha value is -1.32. The molecule has 1 aromatic rings. The molecule has 0 amide bonds. The summed E-state index contributed by atoms with van der Waals surface area (Å²) < 4.78 is 5.94. The standard InChI is InChI=1S/C13H21N3O/c1-3-6-11-15-12(14)9(2)13(16-11)17-10-7-4-5-8-10/h10H,3-8H2,1-2H3,(H2,14,15,16). The van der Waals surface area contributed by atoms with Crippen molar-refractivity contribution >= 4 is 5.82 Å². The van der Waals surface area contributed by atoms with Crippen LogP contribution in [0, 0.1) is 6.92 Å². The van der Waals surface area contributed by atoms with Gasteiger partial charge in [-0.15, -0.1) is 0 Å². The molecular formula is C13H21N3O. The summed E-state index contributed by atoms with van der Waals surface area (Å²) in [7, 11) is 0. The molecule has 0 unspecified atom stereocenters. The molecule has 1 heterocycles. The molecule has 0 radical (unpaired) electrons. The van der Waals surface area contributed by atoms with Crippen LogP contribution in [-0.4, -0.2) is 16.1 Å². The third kappa shape index (κ3) is 2.87. The van der Waals surface area contributed by atoms with Crippen LogP contribution >= 0.6 is 0 Å². The Morgan fingerprint density at radius 2 is 2.00 bits per heavy atom. The monoisotopic (exact) mass is 235 g/mol. The molecule has 17 heavy (non-hydrogen) atoms. The van der Waals surface area contributed by atoms with Gasteiger partial charge in [0.25, 0.3) is 0 Å². The maximum Gasteiger partial charge on any atom is 0.222 e. The molecule has 0 bridgehead atoms. The van der Waals surface area contributed by atoms with Crippen molar-refractivity contribution in [2.24, 2.45) is 0 Å². The van der Waals surface area contributed by atoms with Gasteiger partial charge in [-0.3, -0.25) is 0 Å². The largest absolute Gasteiger partial charge is 0.474 e. The zero-order valence-corrected chi connectivity index (χ0v) is 10.7. The topological polar surface area (TPSA) is 61.0 Å². The van der Waals surface area contributed by atoms with E-state index in [0.29, 0.717) is 17.8 Å². The van der Waals surface area contributed by atoms with E-state index in [9.17, 15) is 0 Å². The summed E-state index contributed by atoms with van der Waals surface area (Å²) in [4.78, 5) is 8.76. The van der Waals surface area contributed by atoms with E-state index in [1.807, 2.05) is 6.92 Å². The van der Waals surface area contributed by atoms with Crippen LogP contribution in [0.25, 0.3) is 0 Å². The number of hydrogen-bond donors (Lipinski definition) is 1. The zero-order chi connectivity index (χ0) is 12.3. The number of aryl methyl sites for hydroxylation is 1. The predicted molar refractivity (Wildman–Crippen MR) is 68.1 cm³/mol. The summed E-state index contributed by atoms with van der Waals surface area (Å²) in [5.41, 5.74) is 6.77. The van der Waals surface area contributed by atoms with Crippen molar-refractivity contribution in [3.05, 3.63) is 11.4 Å². The molecule has 94 valence electrons. The number of nitrogens with zero attached hydrogens (tertiary/aromatic N) is 2. The highest BCUT2D eigenvalue weighted by atomic mass is 16.5. The smallest absolute Gasteiger partial charge is 0.222 e. The molecule has 1 aromatic heterocycles. The number of aromatic nitrogens is 2. The van der Waals surface area contributed by atoms with Crippen molar-refractivity contribution in [1.82, 2.24) is 9.97 Å². The van der Waals surface area contributed by atoms with Crippen molar-refractivity contribution in [2.75, 3.05) is 5.73 Å². The summed E-state index contributed by atoms with van der Waals surface area (Å²) in [5, 5.41) is 0. The van der Waals surface area contributed by atoms with Gasteiger partial charge in [-0.2, -0.15) is 4.98 Å². The molecule has 0 saturated heterocycles. The molecule has 4 nitrogen and oxygen atoms in total. The van der Waals surface area contributed by atoms with E-state index in [2.05, 4.69) is 16.9 Å². The van der Waals surface area contributed by atoms with E-state index < -0.39 is 0 Å². The Balaban J connectivity index is 2.18. The van der Waals surface area contributed by atoms with Crippen LogP contribution in [0.2, 0.25) is 0 Å². The second kappa shape index (κ2) is 5.34. The fourth-order valence-electron chi connectivity index (χ4n) is 2.17. The third-order valence-corrected chi connectivity index (χ3v) is 3.24. The average molecular weight is 235 g/mol. The molecule has 0 spiro atoms. The van der Waals surface area contributed by atoms with Crippen molar-refractivity contribution in [1.29, 1.82) is 0 Å². The highest BCUT2D eigenvalue weighted by molar-refractivity contribution is 5.44. The first-order chi connectivity index (χ1) is 8.20. The minimum atomic E-state index is 0.317. The number of ether oxygens (including phenoxy) is 1. The van der Waals surface area contributed by atoms with Crippen LogP contribution in [0.5, 0.6) is 5.88 Å². The highest BCUT2D eigenvalue weighted by Gasteiger charge is 2.19. The maximum absolute atomic E-state index is 5.94. The van der Waals surface area contributed by atoms with Crippen molar-refractivity contribution < 1.29 is 4.74 Å². The van der Waals surface area contributed by atoms with Gasteiger partial charge in [0.15, 0.2) is 0 Å². The molecule has 2 rings (SSSR count). The van der Waals surface area contributed by atoms with Crippen LogP contribution in [0.1, 0.15) is 50.4 Å². The number of nitrogen functional groups attached to an aromatic ring is 1. The quantitative estimate of drug-likeness (QED) is 0.871. The number of rotatable bonds is 4. The molecule has 1 fully saturated rings. The minimum Gasteiger partial charge on any atom is -0.474 e. The molecule has 1 aliphatic carbocycles. The van der Waals surface area contributed by atoms with Crippen LogP contribution in [0.15, 0.2) is 0 Å². The van der Waals surface area contributed by atoms with Gasteiger partial charge in [-0.05, 0) is 39.0 Å². The van der Waals surface area contributed by atoms with E-state index >= 15 is 0 Å². The molecule has 0 atom stereocenters. The first kappa shape index (κ1) is 12.1. The Morgan fingerprint density at radius 3 is 2.65 bits per heavy atom. The normalized spacial score (nSPS) is 16.4. The summed E-state index contributed by atoms with van der Waals surface area (Å²) in [6.45, 7) is 4.03. The Kier molecular flexibility index (Phi) is 3.82. The van der Waals surface area contributed by atoms with E-state index in [4.69, 9.17) is 10.5 Å². The fraction of sp³-hybridized carbons (Fsp3) is 0.692. The molecule has 4 heteroatoms. The van der Waals surface area contributed by atoms with Crippen LogP contribution in [0.3, 0.4) is 0 Å². The first-order valence-corrected chi connectivity index (χ1v) is 6.50. The molecular weight excluding hydrogens is 214 g/mol. The summed E-state index contributed by atoms with van der Waals surface area (Å²) >= 11 is 0. The summed E-state index contributed by atoms with van der Waals surface area (Å²) in [6, 6.07) is 0. The van der Waals surface area contributed by atoms with Gasteiger partial charge in [0.1, 0.15) is 17.7 Å². The second-order valence-corrected chi connectivity index (χ2v) is 4.73. The predicted octanol–water partition coefficient (Wildman–Crippen LogP) is 2.64. The fourth-order valence-corrected chi connectivity index (χ4v) is 2.17. The van der Waals surface area contributed by atoms with Gasteiger partial charge in [-0.1, -0.05) is 6.92 Å². The lowest BCUT2D eigenvalue weighted by molar-refractivity contribution is 0.199. The molecule has 0 aromatic carbocycles. The molecule has 1 aliphatic rings. The van der Waals surface area contributed by atoms with Gasteiger partial charge in [0, 0.05) is 6.42 Å². The van der Waals surface area contributed by atoms with Gasteiger partial charge in [-0.25, -0.2) is 4.98 Å². The van der Waals surface area contributed by atoms with E-state index in [0.717, 1.165) is 37.1 Å². The lowest BCUT2D eigenvalue weighted by atomic mass is 10.2. The van der Waals surface area contributed by atoms with Crippen LogP contribution < -0.4 is 10.5 Å². The van der Waals surface area contributed by atoms with Crippen molar-refractivity contribution in [2.45, 2.75) is 58.5 Å². The summed E-state index contributed by atoms with van der Waals surface area (Å²) in [5.74, 6) is 2.04.